The van der Waals surface area contributed by atoms with Gasteiger partial charge in [0.05, 0.1) is 21.8 Å². The van der Waals surface area contributed by atoms with Crippen molar-refractivity contribution in [1.82, 2.24) is 15.2 Å². The van der Waals surface area contributed by atoms with Gasteiger partial charge in [0.25, 0.3) is 15.9 Å². The summed E-state index contributed by atoms with van der Waals surface area (Å²) >= 11 is 5.91. The van der Waals surface area contributed by atoms with Crippen molar-refractivity contribution in [3.05, 3.63) is 88.7 Å². The van der Waals surface area contributed by atoms with Gasteiger partial charge in [-0.2, -0.15) is 5.10 Å². The highest BCUT2D eigenvalue weighted by Gasteiger charge is 2.19. The highest BCUT2D eigenvalue weighted by Crippen LogP contribution is 2.26. The number of hydrogen-bond donors (Lipinski definition) is 3. The van der Waals surface area contributed by atoms with Gasteiger partial charge >= 0.3 is 5.97 Å². The molecule has 0 saturated carbocycles. The second kappa shape index (κ2) is 10.8. The number of rotatable bonds is 8. The molecule has 0 fully saturated rings. The summed E-state index contributed by atoms with van der Waals surface area (Å²) in [6.45, 7) is 3.04. The number of carbonyl (C=O) groups is 2. The molecule has 0 aliphatic heterocycles. The van der Waals surface area contributed by atoms with Crippen LogP contribution in [0.2, 0.25) is 5.02 Å². The molecular formula is C25H22ClN5O5S. The summed E-state index contributed by atoms with van der Waals surface area (Å²) in [5, 5.41) is 9.95. The SMILES string of the molecule is Cc1ccc(-c2n[nH]c(C)n2)c(NC(=O)COC(=O)c2cccc(S(=O)(=O)Nc3cccc(Cl)c3)c2)c1. The Bertz CT molecular complexity index is 1590. The zero-order valence-electron chi connectivity index (χ0n) is 19.8. The number of nitrogens with zero attached hydrogens (tertiary/aromatic N) is 2. The number of anilines is 2. The van der Waals surface area contributed by atoms with Gasteiger partial charge in [0, 0.05) is 10.6 Å². The Kier molecular flexibility index (Phi) is 7.55. The Balaban J connectivity index is 1.42. The van der Waals surface area contributed by atoms with Crippen LogP contribution in [0.1, 0.15) is 21.7 Å². The first-order chi connectivity index (χ1) is 17.6. The van der Waals surface area contributed by atoms with E-state index in [4.69, 9.17) is 16.3 Å². The van der Waals surface area contributed by atoms with Crippen LogP contribution in [0, 0.1) is 13.8 Å². The zero-order valence-corrected chi connectivity index (χ0v) is 21.4. The number of nitrogens with one attached hydrogen (secondary N) is 3. The van der Waals surface area contributed by atoms with Gasteiger partial charge < -0.3 is 10.1 Å². The molecular weight excluding hydrogens is 518 g/mol. The minimum Gasteiger partial charge on any atom is -0.452 e. The fourth-order valence-electron chi connectivity index (χ4n) is 3.38. The lowest BCUT2D eigenvalue weighted by atomic mass is 10.1. The molecule has 0 aliphatic carbocycles. The van der Waals surface area contributed by atoms with Gasteiger partial charge in [0.2, 0.25) is 0 Å². The van der Waals surface area contributed by atoms with Gasteiger partial charge in [-0.15, -0.1) is 0 Å². The Morgan fingerprint density at radius 1 is 1.03 bits per heavy atom. The molecule has 3 N–H and O–H groups in total. The van der Waals surface area contributed by atoms with E-state index in [0.29, 0.717) is 27.9 Å². The van der Waals surface area contributed by atoms with Crippen LogP contribution in [0.3, 0.4) is 0 Å². The zero-order chi connectivity index (χ0) is 26.6. The average Bonchev–Trinajstić information content (AvgIpc) is 3.28. The van der Waals surface area contributed by atoms with Crippen LogP contribution in [0.15, 0.2) is 71.6 Å². The summed E-state index contributed by atoms with van der Waals surface area (Å²) in [7, 11) is -4.00. The maximum Gasteiger partial charge on any atom is 0.338 e. The van der Waals surface area contributed by atoms with E-state index in [1.165, 1.54) is 24.3 Å². The molecule has 4 rings (SSSR count). The fraction of sp³-hybridized carbons (Fsp3) is 0.120. The quantitative estimate of drug-likeness (QED) is 0.283. The number of ether oxygens (including phenoxy) is 1. The first-order valence-corrected chi connectivity index (χ1v) is 12.8. The Hall–Kier alpha value is -4.22. The van der Waals surface area contributed by atoms with Crippen molar-refractivity contribution >= 4 is 44.9 Å². The van der Waals surface area contributed by atoms with Crippen molar-refractivity contribution < 1.29 is 22.7 Å². The molecule has 0 aliphatic rings. The first-order valence-electron chi connectivity index (χ1n) is 11.0. The first kappa shape index (κ1) is 25.9. The lowest BCUT2D eigenvalue weighted by Gasteiger charge is -2.11. The van der Waals surface area contributed by atoms with Crippen LogP contribution in [-0.2, 0) is 19.6 Å². The van der Waals surface area contributed by atoms with Crippen molar-refractivity contribution in [2.24, 2.45) is 0 Å². The van der Waals surface area contributed by atoms with E-state index in [0.717, 1.165) is 11.6 Å². The van der Waals surface area contributed by atoms with E-state index in [1.807, 2.05) is 13.0 Å². The van der Waals surface area contributed by atoms with Crippen LogP contribution in [0.4, 0.5) is 11.4 Å². The number of carbonyl (C=O) groups excluding carboxylic acids is 2. The standard InChI is InChI=1S/C25H22ClN5O5S/c1-15-9-10-21(24-27-16(2)29-30-24)22(11-15)28-23(32)14-36-25(33)17-5-3-8-20(12-17)37(34,35)31-19-7-4-6-18(26)13-19/h3-13,31H,14H2,1-2H3,(H,28,32)(H,27,29,30). The van der Waals surface area contributed by atoms with E-state index >= 15 is 0 Å². The third-order valence-corrected chi connectivity index (χ3v) is 6.69. The number of aromatic amines is 1. The number of aromatic nitrogens is 3. The van der Waals surface area contributed by atoms with Crippen LogP contribution in [0.25, 0.3) is 11.4 Å². The Labute approximate surface area is 218 Å². The minimum absolute atomic E-state index is 0.0331. The number of benzene rings is 3. The summed E-state index contributed by atoms with van der Waals surface area (Å²) in [5.41, 5.74) is 2.19. The Morgan fingerprint density at radius 3 is 2.54 bits per heavy atom. The molecule has 1 heterocycles. The maximum atomic E-state index is 12.8. The third kappa shape index (κ3) is 6.51. The number of amides is 1. The fourth-order valence-corrected chi connectivity index (χ4v) is 4.66. The maximum absolute atomic E-state index is 12.8. The number of aryl methyl sites for hydroxylation is 2. The Morgan fingerprint density at radius 2 is 1.81 bits per heavy atom. The molecule has 3 aromatic carbocycles. The van der Waals surface area contributed by atoms with Gasteiger partial charge in [-0.3, -0.25) is 14.6 Å². The van der Waals surface area contributed by atoms with Crippen molar-refractivity contribution in [2.45, 2.75) is 18.7 Å². The minimum atomic E-state index is -4.00. The monoisotopic (exact) mass is 539 g/mol. The second-order valence-electron chi connectivity index (χ2n) is 8.06. The molecule has 190 valence electrons. The smallest absolute Gasteiger partial charge is 0.338 e. The molecule has 10 nitrogen and oxygen atoms in total. The van der Waals surface area contributed by atoms with Crippen LogP contribution < -0.4 is 10.0 Å². The molecule has 0 saturated heterocycles. The van der Waals surface area contributed by atoms with Crippen molar-refractivity contribution in [1.29, 1.82) is 0 Å². The molecule has 4 aromatic rings. The summed E-state index contributed by atoms with van der Waals surface area (Å²) in [5.74, 6) is -0.411. The van der Waals surface area contributed by atoms with Gasteiger partial charge in [0.1, 0.15) is 5.82 Å². The van der Waals surface area contributed by atoms with E-state index in [2.05, 4.69) is 25.2 Å². The number of sulfonamides is 1. The molecule has 0 bridgehead atoms. The predicted octanol–water partition coefficient (Wildman–Crippen LogP) is 4.34. The normalized spacial score (nSPS) is 11.1. The lowest BCUT2D eigenvalue weighted by molar-refractivity contribution is -0.119. The number of halogens is 1. The summed E-state index contributed by atoms with van der Waals surface area (Å²) in [6.07, 6.45) is 0. The van der Waals surface area contributed by atoms with Crippen molar-refractivity contribution in [3.63, 3.8) is 0 Å². The summed E-state index contributed by atoms with van der Waals surface area (Å²) < 4.78 is 33.0. The summed E-state index contributed by atoms with van der Waals surface area (Å²) in [4.78, 5) is 29.3. The third-order valence-electron chi connectivity index (χ3n) is 5.08. The average molecular weight is 540 g/mol. The molecule has 37 heavy (non-hydrogen) atoms. The largest absolute Gasteiger partial charge is 0.452 e. The summed E-state index contributed by atoms with van der Waals surface area (Å²) in [6, 6.07) is 16.9. The van der Waals surface area contributed by atoms with Crippen molar-refractivity contribution in [3.8, 4) is 11.4 Å². The second-order valence-corrected chi connectivity index (χ2v) is 10.2. The van der Waals surface area contributed by atoms with E-state index in [1.54, 1.807) is 37.3 Å². The molecule has 0 spiro atoms. The highest BCUT2D eigenvalue weighted by molar-refractivity contribution is 7.92. The van der Waals surface area contributed by atoms with Gasteiger partial charge in [-0.1, -0.05) is 29.8 Å². The van der Waals surface area contributed by atoms with E-state index < -0.39 is 28.5 Å². The molecule has 0 atom stereocenters. The molecule has 0 unspecified atom stereocenters. The van der Waals surface area contributed by atoms with E-state index in [9.17, 15) is 18.0 Å². The van der Waals surface area contributed by atoms with Crippen molar-refractivity contribution in [2.75, 3.05) is 16.6 Å². The van der Waals surface area contributed by atoms with Gasteiger partial charge in [-0.25, -0.2) is 18.2 Å². The topological polar surface area (TPSA) is 143 Å². The van der Waals surface area contributed by atoms with Crippen LogP contribution in [-0.4, -0.2) is 42.1 Å². The predicted molar refractivity (Wildman–Crippen MR) is 139 cm³/mol. The number of esters is 1. The number of H-pyrrole nitrogens is 1. The molecule has 12 heteroatoms. The van der Waals surface area contributed by atoms with E-state index in [-0.39, 0.29) is 16.1 Å². The lowest BCUT2D eigenvalue weighted by Crippen LogP contribution is -2.21. The molecule has 1 aromatic heterocycles. The highest BCUT2D eigenvalue weighted by atomic mass is 35.5. The van der Waals surface area contributed by atoms with Gasteiger partial charge in [0.15, 0.2) is 12.4 Å². The molecule has 1 amide bonds. The number of hydrogen-bond acceptors (Lipinski definition) is 7. The van der Waals surface area contributed by atoms with Crippen LogP contribution >= 0.6 is 11.6 Å². The van der Waals surface area contributed by atoms with Gasteiger partial charge in [-0.05, 0) is 67.9 Å². The van der Waals surface area contributed by atoms with Crippen LogP contribution in [0.5, 0.6) is 0 Å². The molecule has 0 radical (unpaired) electrons.